The van der Waals surface area contributed by atoms with E-state index in [-0.39, 0.29) is 11.7 Å². The molecule has 0 spiro atoms. The summed E-state index contributed by atoms with van der Waals surface area (Å²) in [4.78, 5) is 18.3. The third-order valence-corrected chi connectivity index (χ3v) is 7.34. The van der Waals surface area contributed by atoms with Gasteiger partial charge in [0.15, 0.2) is 0 Å². The van der Waals surface area contributed by atoms with Gasteiger partial charge in [0.2, 0.25) is 11.1 Å². The van der Waals surface area contributed by atoms with Crippen LogP contribution in [0.25, 0.3) is 0 Å². The van der Waals surface area contributed by atoms with Gasteiger partial charge in [0, 0.05) is 22.2 Å². The zero-order chi connectivity index (χ0) is 26.1. The fourth-order valence-electron chi connectivity index (χ4n) is 4.31. The maximum Gasteiger partial charge on any atom is 0.255 e. The Kier molecular flexibility index (Phi) is 7.04. The molecule has 1 atom stereocenters. The number of aryl methyl sites for hydroxylation is 2. The average Bonchev–Trinajstić information content (AvgIpc) is 3.27. The number of thioether (sulfide) groups is 1. The van der Waals surface area contributed by atoms with Gasteiger partial charge in [-0.05, 0) is 67.8 Å². The van der Waals surface area contributed by atoms with Crippen LogP contribution >= 0.6 is 23.4 Å². The van der Waals surface area contributed by atoms with Crippen molar-refractivity contribution in [3.8, 4) is 0 Å². The van der Waals surface area contributed by atoms with E-state index in [2.05, 4.69) is 15.6 Å². The molecule has 2 N–H and O–H groups in total. The molecular formula is C28H25ClFN5OS. The van der Waals surface area contributed by atoms with Gasteiger partial charge in [-0.3, -0.25) is 4.79 Å². The maximum atomic E-state index is 13.8. The van der Waals surface area contributed by atoms with E-state index in [0.717, 1.165) is 27.9 Å². The van der Waals surface area contributed by atoms with Crippen LogP contribution in [0.15, 0.2) is 83.2 Å². The van der Waals surface area contributed by atoms with Crippen molar-refractivity contribution in [2.45, 2.75) is 37.7 Å². The van der Waals surface area contributed by atoms with Crippen LogP contribution in [0, 0.1) is 19.7 Å². The summed E-state index contributed by atoms with van der Waals surface area (Å²) in [5.41, 5.74) is 5.78. The van der Waals surface area contributed by atoms with Crippen molar-refractivity contribution in [3.05, 3.63) is 111 Å². The fraction of sp³-hybridized carbons (Fsp3) is 0.179. The number of nitrogens with zero attached hydrogens (tertiary/aromatic N) is 3. The first-order valence-corrected chi connectivity index (χ1v) is 13.1. The van der Waals surface area contributed by atoms with Crippen molar-refractivity contribution < 1.29 is 9.18 Å². The van der Waals surface area contributed by atoms with Gasteiger partial charge in [-0.2, -0.15) is 4.98 Å². The molecule has 1 aliphatic heterocycles. The number of fused-ring (bicyclic) bond motifs is 1. The smallest absolute Gasteiger partial charge is 0.255 e. The largest absolute Gasteiger partial charge is 0.328 e. The number of aromatic nitrogens is 3. The predicted octanol–water partition coefficient (Wildman–Crippen LogP) is 6.91. The number of benzene rings is 3. The summed E-state index contributed by atoms with van der Waals surface area (Å²) in [6, 6.07) is 19.0. The van der Waals surface area contributed by atoms with Crippen LogP contribution in [0.5, 0.6) is 0 Å². The molecule has 1 aromatic heterocycles. The van der Waals surface area contributed by atoms with Gasteiger partial charge < -0.3 is 10.6 Å². The maximum absolute atomic E-state index is 13.8. The third-order valence-electron chi connectivity index (χ3n) is 6.17. The van der Waals surface area contributed by atoms with Gasteiger partial charge in [0.1, 0.15) is 11.9 Å². The molecule has 0 aliphatic carbocycles. The van der Waals surface area contributed by atoms with Crippen molar-refractivity contribution in [1.82, 2.24) is 14.8 Å². The number of anilines is 2. The summed E-state index contributed by atoms with van der Waals surface area (Å²) < 4.78 is 15.5. The van der Waals surface area contributed by atoms with Gasteiger partial charge in [-0.15, -0.1) is 5.10 Å². The Balaban J connectivity index is 1.48. The molecule has 188 valence electrons. The fourth-order valence-corrected chi connectivity index (χ4v) is 5.22. The number of nitrogens with one attached hydrogen (secondary N) is 2. The highest BCUT2D eigenvalue weighted by Gasteiger charge is 2.34. The molecule has 1 aliphatic rings. The highest BCUT2D eigenvalue weighted by atomic mass is 35.5. The summed E-state index contributed by atoms with van der Waals surface area (Å²) in [5, 5.41) is 12.3. The highest BCUT2D eigenvalue weighted by molar-refractivity contribution is 7.98. The quantitative estimate of drug-likeness (QED) is 0.263. The average molecular weight is 534 g/mol. The van der Waals surface area contributed by atoms with E-state index < -0.39 is 6.04 Å². The van der Waals surface area contributed by atoms with Crippen molar-refractivity contribution in [2.24, 2.45) is 0 Å². The minimum absolute atomic E-state index is 0.261. The molecule has 37 heavy (non-hydrogen) atoms. The topological polar surface area (TPSA) is 71.8 Å². The van der Waals surface area contributed by atoms with Crippen LogP contribution in [-0.4, -0.2) is 20.7 Å². The Morgan fingerprint density at radius 2 is 1.81 bits per heavy atom. The SMILES string of the molecule is CC1=C(C(=O)Nc2ccc(C)cc2C)C(c2ccc(F)cc2)n2nc(SCc3ccc(Cl)cc3)nc2N1. The standard InChI is InChI=1S/C28H25ClFN5OS/c1-16-4-13-23(17(2)14-16)32-26(36)24-18(3)31-27-33-28(37-15-19-5-9-21(29)10-6-19)34-35(27)25(24)20-7-11-22(30)12-8-20/h4-14,25H,15H2,1-3H3,(H,32,36)(H,31,33,34). The molecule has 0 saturated carbocycles. The zero-order valence-electron chi connectivity index (χ0n) is 20.5. The van der Waals surface area contributed by atoms with Crippen LogP contribution in [0.3, 0.4) is 0 Å². The van der Waals surface area contributed by atoms with Crippen LogP contribution in [0.2, 0.25) is 5.02 Å². The number of carbonyl (C=O) groups is 1. The highest BCUT2D eigenvalue weighted by Crippen LogP contribution is 2.37. The van der Waals surface area contributed by atoms with Crippen LogP contribution in [-0.2, 0) is 10.5 Å². The first kappa shape index (κ1) is 25.0. The minimum Gasteiger partial charge on any atom is -0.328 e. The van der Waals surface area contributed by atoms with Crippen molar-refractivity contribution in [2.75, 3.05) is 10.6 Å². The first-order valence-electron chi connectivity index (χ1n) is 11.7. The van der Waals surface area contributed by atoms with Gasteiger partial charge in [-0.25, -0.2) is 9.07 Å². The monoisotopic (exact) mass is 533 g/mol. The van der Waals surface area contributed by atoms with Gasteiger partial charge in [0.25, 0.3) is 5.91 Å². The summed E-state index contributed by atoms with van der Waals surface area (Å²) in [7, 11) is 0. The second-order valence-corrected chi connectivity index (χ2v) is 10.3. The van der Waals surface area contributed by atoms with E-state index in [0.29, 0.717) is 33.2 Å². The molecule has 6 nitrogen and oxygen atoms in total. The Morgan fingerprint density at radius 1 is 1.08 bits per heavy atom. The van der Waals surface area contributed by atoms with Gasteiger partial charge in [0.05, 0.1) is 5.57 Å². The second kappa shape index (κ2) is 10.4. The minimum atomic E-state index is -0.583. The molecule has 9 heteroatoms. The van der Waals surface area contributed by atoms with Crippen molar-refractivity contribution in [3.63, 3.8) is 0 Å². The van der Waals surface area contributed by atoms with E-state index in [9.17, 15) is 9.18 Å². The Hall–Kier alpha value is -3.62. The first-order chi connectivity index (χ1) is 17.8. The summed E-state index contributed by atoms with van der Waals surface area (Å²) in [5.74, 6) is 0.572. The number of hydrogen-bond acceptors (Lipinski definition) is 5. The van der Waals surface area contributed by atoms with E-state index in [4.69, 9.17) is 16.7 Å². The lowest BCUT2D eigenvalue weighted by atomic mass is 9.95. The number of allylic oxidation sites excluding steroid dienone is 1. The number of halogens is 2. The molecule has 1 unspecified atom stereocenters. The van der Waals surface area contributed by atoms with Crippen molar-refractivity contribution in [1.29, 1.82) is 0 Å². The normalized spacial score (nSPS) is 14.8. The molecule has 0 radical (unpaired) electrons. The number of hydrogen-bond donors (Lipinski definition) is 2. The third kappa shape index (κ3) is 5.40. The van der Waals surface area contributed by atoms with E-state index in [1.165, 1.54) is 23.9 Å². The molecule has 0 fully saturated rings. The molecular weight excluding hydrogens is 509 g/mol. The molecule has 2 heterocycles. The molecule has 0 saturated heterocycles. The number of amides is 1. The zero-order valence-corrected chi connectivity index (χ0v) is 22.1. The lowest BCUT2D eigenvalue weighted by Crippen LogP contribution is -2.31. The molecule has 0 bridgehead atoms. The summed E-state index contributed by atoms with van der Waals surface area (Å²) in [6.45, 7) is 5.81. The Bertz CT molecular complexity index is 1500. The van der Waals surface area contributed by atoms with Gasteiger partial charge >= 0.3 is 0 Å². The van der Waals surface area contributed by atoms with Crippen LogP contribution in [0.4, 0.5) is 16.0 Å². The molecule has 5 rings (SSSR count). The Labute approximate surface area is 224 Å². The molecule has 4 aromatic rings. The van der Waals surface area contributed by atoms with E-state index in [1.807, 2.05) is 63.2 Å². The van der Waals surface area contributed by atoms with Crippen LogP contribution < -0.4 is 10.6 Å². The summed E-state index contributed by atoms with van der Waals surface area (Å²) in [6.07, 6.45) is 0. The molecule has 1 amide bonds. The second-order valence-electron chi connectivity index (χ2n) is 8.97. The van der Waals surface area contributed by atoms with Crippen LogP contribution in [0.1, 0.15) is 35.2 Å². The lowest BCUT2D eigenvalue weighted by molar-refractivity contribution is -0.113. The number of rotatable bonds is 6. The predicted molar refractivity (Wildman–Crippen MR) is 146 cm³/mol. The van der Waals surface area contributed by atoms with E-state index >= 15 is 0 Å². The van der Waals surface area contributed by atoms with Crippen molar-refractivity contribution >= 4 is 40.9 Å². The summed E-state index contributed by atoms with van der Waals surface area (Å²) >= 11 is 7.48. The lowest BCUT2D eigenvalue weighted by Gasteiger charge is -2.28. The Morgan fingerprint density at radius 3 is 2.51 bits per heavy atom. The number of carbonyl (C=O) groups excluding carboxylic acids is 1. The van der Waals surface area contributed by atoms with E-state index in [1.54, 1.807) is 16.8 Å². The van der Waals surface area contributed by atoms with Gasteiger partial charge in [-0.1, -0.05) is 65.3 Å². The molecule has 3 aromatic carbocycles.